The molecule has 0 spiro atoms. The number of carbonyl (C=O) groups is 2. The molecule has 0 unspecified atom stereocenters. The van der Waals surface area contributed by atoms with Gasteiger partial charge in [-0.1, -0.05) is 15.9 Å². The van der Waals surface area contributed by atoms with Crippen molar-refractivity contribution in [3.05, 3.63) is 63.1 Å². The van der Waals surface area contributed by atoms with Gasteiger partial charge in [0.05, 0.1) is 26.8 Å². The van der Waals surface area contributed by atoms with Crippen LogP contribution < -0.4 is 14.2 Å². The molecule has 1 heterocycles. The highest BCUT2D eigenvalue weighted by Gasteiger charge is 2.24. The summed E-state index contributed by atoms with van der Waals surface area (Å²) in [6, 6.07) is 10.8. The van der Waals surface area contributed by atoms with E-state index in [4.69, 9.17) is 14.2 Å². The van der Waals surface area contributed by atoms with Crippen LogP contribution in [-0.2, 0) is 11.3 Å². The second-order valence-electron chi connectivity index (χ2n) is 7.97. The van der Waals surface area contributed by atoms with Gasteiger partial charge in [-0.3, -0.25) is 9.59 Å². The van der Waals surface area contributed by atoms with Crippen LogP contribution in [0.4, 0.5) is 0 Å². The van der Waals surface area contributed by atoms with E-state index in [-0.39, 0.29) is 12.3 Å². The predicted octanol–water partition coefficient (Wildman–Crippen LogP) is 5.52. The number of hydrogen-bond donors (Lipinski definition) is 1. The van der Waals surface area contributed by atoms with Crippen LogP contribution in [0, 0.1) is 13.8 Å². The predicted molar refractivity (Wildman–Crippen MR) is 134 cm³/mol. The van der Waals surface area contributed by atoms with Crippen molar-refractivity contribution in [1.82, 2.24) is 4.57 Å². The van der Waals surface area contributed by atoms with E-state index in [0.717, 1.165) is 37.4 Å². The van der Waals surface area contributed by atoms with E-state index in [0.29, 0.717) is 28.4 Å². The number of fused-ring (bicyclic) bond motifs is 3. The molecule has 7 nitrogen and oxygen atoms in total. The Morgan fingerprint density at radius 3 is 2.18 bits per heavy atom. The van der Waals surface area contributed by atoms with Crippen molar-refractivity contribution < 1.29 is 28.9 Å². The van der Waals surface area contributed by atoms with E-state index in [9.17, 15) is 14.7 Å². The van der Waals surface area contributed by atoms with Gasteiger partial charge >= 0.3 is 5.97 Å². The molecule has 0 bridgehead atoms. The van der Waals surface area contributed by atoms with Gasteiger partial charge in [0.15, 0.2) is 17.3 Å². The van der Waals surface area contributed by atoms with Gasteiger partial charge in [-0.2, -0.15) is 0 Å². The minimum absolute atomic E-state index is 0.178. The molecule has 0 saturated heterocycles. The minimum atomic E-state index is -0.934. The molecule has 0 amide bonds. The highest BCUT2D eigenvalue weighted by molar-refractivity contribution is 9.10. The number of ketones is 1. The third-order valence-corrected chi connectivity index (χ3v) is 6.50. The van der Waals surface area contributed by atoms with Gasteiger partial charge in [0.25, 0.3) is 0 Å². The van der Waals surface area contributed by atoms with E-state index in [1.54, 1.807) is 16.7 Å². The zero-order valence-corrected chi connectivity index (χ0v) is 21.1. The lowest BCUT2D eigenvalue weighted by atomic mass is 9.93. The van der Waals surface area contributed by atoms with Gasteiger partial charge in [-0.25, -0.2) is 0 Å². The fraction of sp³-hybridized carbons (Fsp3) is 0.231. The zero-order valence-electron chi connectivity index (χ0n) is 19.5. The zero-order chi connectivity index (χ0) is 24.7. The highest BCUT2D eigenvalue weighted by atomic mass is 79.9. The molecule has 4 rings (SSSR count). The molecule has 0 aliphatic carbocycles. The average Bonchev–Trinajstić information content (AvgIpc) is 3.13. The Morgan fingerprint density at radius 2 is 1.62 bits per heavy atom. The molecule has 8 heteroatoms. The molecule has 0 aliphatic heterocycles. The lowest BCUT2D eigenvalue weighted by Crippen LogP contribution is -2.10. The summed E-state index contributed by atoms with van der Waals surface area (Å²) >= 11 is 3.52. The number of carbonyl (C=O) groups excluding carboxylic acids is 1. The Bertz CT molecular complexity index is 1440. The van der Waals surface area contributed by atoms with E-state index in [1.165, 1.54) is 21.3 Å². The number of aliphatic carboxylic acids is 1. The van der Waals surface area contributed by atoms with Crippen molar-refractivity contribution in [1.29, 1.82) is 0 Å². The van der Waals surface area contributed by atoms with Crippen LogP contribution in [-0.4, -0.2) is 42.8 Å². The van der Waals surface area contributed by atoms with Gasteiger partial charge in [0.1, 0.15) is 6.54 Å². The number of aromatic nitrogens is 1. The van der Waals surface area contributed by atoms with Crippen molar-refractivity contribution in [2.75, 3.05) is 21.3 Å². The monoisotopic (exact) mass is 525 g/mol. The number of ether oxygens (including phenoxy) is 3. The first-order valence-electron chi connectivity index (χ1n) is 10.5. The van der Waals surface area contributed by atoms with Crippen LogP contribution in [0.25, 0.3) is 21.8 Å². The fourth-order valence-corrected chi connectivity index (χ4v) is 4.91. The maximum Gasteiger partial charge on any atom is 0.323 e. The smallest absolute Gasteiger partial charge is 0.323 e. The largest absolute Gasteiger partial charge is 0.493 e. The van der Waals surface area contributed by atoms with Crippen molar-refractivity contribution in [3.63, 3.8) is 0 Å². The second-order valence-corrected chi connectivity index (χ2v) is 8.89. The van der Waals surface area contributed by atoms with Gasteiger partial charge in [0.2, 0.25) is 5.75 Å². The Morgan fingerprint density at radius 1 is 0.971 bits per heavy atom. The summed E-state index contributed by atoms with van der Waals surface area (Å²) in [7, 11) is 4.51. The Hall–Kier alpha value is -3.52. The molecule has 0 fully saturated rings. The lowest BCUT2D eigenvalue weighted by Gasteiger charge is -2.15. The Balaban J connectivity index is 2.01. The number of carboxylic acid groups (broad SMARTS) is 1. The number of nitrogens with zero attached hydrogens (tertiary/aromatic N) is 1. The quantitative estimate of drug-likeness (QED) is 0.320. The minimum Gasteiger partial charge on any atom is -0.493 e. The van der Waals surface area contributed by atoms with Gasteiger partial charge in [-0.15, -0.1) is 0 Å². The van der Waals surface area contributed by atoms with Crippen LogP contribution in [0.1, 0.15) is 27.0 Å². The molecule has 1 aromatic heterocycles. The van der Waals surface area contributed by atoms with Crippen molar-refractivity contribution in [2.45, 2.75) is 20.4 Å². The molecule has 4 aromatic rings. The molecule has 3 aromatic carbocycles. The van der Waals surface area contributed by atoms with Gasteiger partial charge in [0, 0.05) is 31.9 Å². The van der Waals surface area contributed by atoms with E-state index in [2.05, 4.69) is 15.9 Å². The second kappa shape index (κ2) is 9.02. The number of halogens is 1. The average molecular weight is 526 g/mol. The first-order valence-corrected chi connectivity index (χ1v) is 11.3. The van der Waals surface area contributed by atoms with Crippen LogP contribution in [0.15, 0.2) is 40.9 Å². The summed E-state index contributed by atoms with van der Waals surface area (Å²) in [5, 5.41) is 11.3. The Labute approximate surface area is 205 Å². The number of carboxylic acids is 1. The van der Waals surface area contributed by atoms with Crippen molar-refractivity contribution in [3.8, 4) is 17.2 Å². The summed E-state index contributed by atoms with van der Waals surface area (Å²) < 4.78 is 18.9. The fourth-order valence-electron chi connectivity index (χ4n) is 4.55. The molecule has 34 heavy (non-hydrogen) atoms. The molecule has 176 valence electrons. The molecular weight excluding hydrogens is 502 g/mol. The molecule has 0 saturated carbocycles. The number of rotatable bonds is 7. The van der Waals surface area contributed by atoms with Gasteiger partial charge < -0.3 is 23.9 Å². The number of aryl methyl sites for hydroxylation is 2. The summed E-state index contributed by atoms with van der Waals surface area (Å²) in [6.07, 6.45) is 0. The van der Waals surface area contributed by atoms with Crippen molar-refractivity contribution in [2.24, 2.45) is 0 Å². The normalized spacial score (nSPS) is 11.1. The maximum absolute atomic E-state index is 13.7. The number of benzene rings is 3. The third-order valence-electron chi connectivity index (χ3n) is 6.00. The van der Waals surface area contributed by atoms with Crippen LogP contribution in [0.3, 0.4) is 0 Å². The Kier molecular flexibility index (Phi) is 6.27. The molecule has 0 radical (unpaired) electrons. The van der Waals surface area contributed by atoms with Crippen LogP contribution >= 0.6 is 15.9 Å². The first-order chi connectivity index (χ1) is 16.2. The summed E-state index contributed by atoms with van der Waals surface area (Å²) in [6.45, 7) is 3.60. The number of hydrogen-bond acceptors (Lipinski definition) is 5. The lowest BCUT2D eigenvalue weighted by molar-refractivity contribution is -0.137. The van der Waals surface area contributed by atoms with Gasteiger partial charge in [-0.05, 0) is 61.4 Å². The summed E-state index contributed by atoms with van der Waals surface area (Å²) in [5.74, 6) is 0.0593. The molecular formula is C26H24BrNO6. The summed E-state index contributed by atoms with van der Waals surface area (Å²) in [4.78, 5) is 25.4. The topological polar surface area (TPSA) is 87.0 Å². The number of methoxy groups -OCH3 is 3. The maximum atomic E-state index is 13.7. The van der Waals surface area contributed by atoms with Crippen molar-refractivity contribution >= 4 is 49.5 Å². The molecule has 0 aliphatic rings. The third kappa shape index (κ3) is 3.77. The van der Waals surface area contributed by atoms with E-state index >= 15 is 0 Å². The highest BCUT2D eigenvalue weighted by Crippen LogP contribution is 2.40. The van der Waals surface area contributed by atoms with E-state index in [1.807, 2.05) is 38.1 Å². The molecule has 1 N–H and O–H groups in total. The standard InChI is InChI=1S/C26H24BrNO6/c1-13-8-17(25(31)15-9-20(32-3)26(34-5)21(10-15)33-4)14(2)23-18-11-16(27)6-7-19(18)28(24(13)23)12-22(29)30/h6-11H,12H2,1-5H3,(H,29,30). The van der Waals surface area contributed by atoms with Crippen LogP contribution in [0.5, 0.6) is 17.2 Å². The van der Waals surface area contributed by atoms with Crippen LogP contribution in [0.2, 0.25) is 0 Å². The first kappa shape index (κ1) is 23.6. The summed E-state index contributed by atoms with van der Waals surface area (Å²) in [5.41, 5.74) is 4.09. The SMILES string of the molecule is COc1cc(C(=O)c2cc(C)c3c(c2C)c2cc(Br)ccc2n3CC(=O)O)cc(OC)c1OC. The van der Waals surface area contributed by atoms with E-state index < -0.39 is 5.97 Å². The molecule has 0 atom stereocenters.